The van der Waals surface area contributed by atoms with Gasteiger partial charge < -0.3 is 10.8 Å². The van der Waals surface area contributed by atoms with Crippen molar-refractivity contribution in [2.45, 2.75) is 19.3 Å². The van der Waals surface area contributed by atoms with Crippen molar-refractivity contribution in [3.63, 3.8) is 0 Å². The summed E-state index contributed by atoms with van der Waals surface area (Å²) in [5.74, 6) is -0.856. The van der Waals surface area contributed by atoms with Crippen molar-refractivity contribution in [3.8, 4) is 0 Å². The van der Waals surface area contributed by atoms with E-state index in [-0.39, 0.29) is 18.4 Å². The molecule has 3 N–H and O–H groups in total. The highest BCUT2D eigenvalue weighted by molar-refractivity contribution is 5.70. The maximum absolute atomic E-state index is 10.7. The number of nitrogens with two attached hydrogens (primary N) is 1. The Morgan fingerprint density at radius 3 is 2.83 bits per heavy atom. The van der Waals surface area contributed by atoms with Gasteiger partial charge in [0.2, 0.25) is 0 Å². The van der Waals surface area contributed by atoms with Crippen LogP contribution >= 0.6 is 0 Å². The van der Waals surface area contributed by atoms with Gasteiger partial charge in [0.1, 0.15) is 0 Å². The number of aliphatic carboxylic acids is 1. The molecule has 1 rings (SSSR count). The maximum atomic E-state index is 10.7. The van der Waals surface area contributed by atoms with E-state index in [2.05, 4.69) is 12.2 Å². The first-order valence-corrected chi connectivity index (χ1v) is 4.33. The van der Waals surface area contributed by atoms with Gasteiger partial charge in [0.25, 0.3) is 0 Å². The molecule has 0 radical (unpaired) electrons. The Kier molecular flexibility index (Phi) is 3.29. The minimum atomic E-state index is -0.752. The Morgan fingerprint density at radius 1 is 1.67 bits per heavy atom. The van der Waals surface area contributed by atoms with Gasteiger partial charge in [-0.05, 0) is 25.2 Å². The molecule has 2 atom stereocenters. The van der Waals surface area contributed by atoms with Gasteiger partial charge in [-0.25, -0.2) is 0 Å². The van der Waals surface area contributed by atoms with Crippen molar-refractivity contribution < 1.29 is 9.90 Å². The average Bonchev–Trinajstić information content (AvgIpc) is 2.07. The van der Waals surface area contributed by atoms with Crippen molar-refractivity contribution in [1.29, 1.82) is 0 Å². The number of hydrogen-bond donors (Lipinski definition) is 2. The standard InChI is InChI=1S/C9H15NO2/c10-6-8(9(11)12)7-4-2-1-3-5-7/h1-2,7-8H,3-6,10H2,(H,11,12). The first-order valence-electron chi connectivity index (χ1n) is 4.33. The third-order valence-corrected chi connectivity index (χ3v) is 2.45. The summed E-state index contributed by atoms with van der Waals surface area (Å²) in [6.45, 7) is 0.258. The highest BCUT2D eigenvalue weighted by Gasteiger charge is 2.26. The number of carbonyl (C=O) groups is 1. The van der Waals surface area contributed by atoms with E-state index < -0.39 is 5.97 Å². The van der Waals surface area contributed by atoms with Crippen molar-refractivity contribution in [2.24, 2.45) is 17.6 Å². The molecule has 12 heavy (non-hydrogen) atoms. The second kappa shape index (κ2) is 4.26. The van der Waals surface area contributed by atoms with Gasteiger partial charge in [-0.2, -0.15) is 0 Å². The average molecular weight is 169 g/mol. The monoisotopic (exact) mass is 169 g/mol. The van der Waals surface area contributed by atoms with E-state index in [1.165, 1.54) is 0 Å². The number of carboxylic acids is 1. The molecule has 0 bridgehead atoms. The van der Waals surface area contributed by atoms with Crippen molar-refractivity contribution in [2.75, 3.05) is 6.54 Å². The number of carboxylic acid groups (broad SMARTS) is 1. The van der Waals surface area contributed by atoms with E-state index in [0.717, 1.165) is 19.3 Å². The molecule has 0 amide bonds. The van der Waals surface area contributed by atoms with E-state index >= 15 is 0 Å². The Morgan fingerprint density at radius 2 is 2.42 bits per heavy atom. The first kappa shape index (κ1) is 9.26. The number of rotatable bonds is 3. The molecule has 0 heterocycles. The highest BCUT2D eigenvalue weighted by atomic mass is 16.4. The summed E-state index contributed by atoms with van der Waals surface area (Å²) in [7, 11) is 0. The second-order valence-electron chi connectivity index (χ2n) is 3.22. The molecule has 1 aliphatic carbocycles. The Labute approximate surface area is 72.3 Å². The lowest BCUT2D eigenvalue weighted by atomic mass is 9.83. The molecule has 0 aromatic rings. The van der Waals surface area contributed by atoms with Crippen LogP contribution in [0.5, 0.6) is 0 Å². The smallest absolute Gasteiger partial charge is 0.308 e. The van der Waals surface area contributed by atoms with Crippen LogP contribution in [0.2, 0.25) is 0 Å². The van der Waals surface area contributed by atoms with Crippen LogP contribution in [0, 0.1) is 11.8 Å². The normalized spacial score (nSPS) is 25.2. The van der Waals surface area contributed by atoms with Crippen molar-refractivity contribution in [3.05, 3.63) is 12.2 Å². The summed E-state index contributed by atoms with van der Waals surface area (Å²) in [5, 5.41) is 8.82. The Hall–Kier alpha value is -0.830. The third kappa shape index (κ3) is 2.08. The zero-order chi connectivity index (χ0) is 8.97. The fourth-order valence-corrected chi connectivity index (χ4v) is 1.68. The molecule has 0 saturated heterocycles. The summed E-state index contributed by atoms with van der Waals surface area (Å²) in [4.78, 5) is 10.7. The molecule has 0 aromatic carbocycles. The number of allylic oxidation sites excluding steroid dienone is 2. The zero-order valence-corrected chi connectivity index (χ0v) is 7.07. The van der Waals surface area contributed by atoms with Crippen LogP contribution in [-0.2, 0) is 4.79 Å². The van der Waals surface area contributed by atoms with Gasteiger partial charge in [-0.15, -0.1) is 0 Å². The molecular formula is C9H15NO2. The fraction of sp³-hybridized carbons (Fsp3) is 0.667. The Bertz CT molecular complexity index is 189. The fourth-order valence-electron chi connectivity index (χ4n) is 1.68. The van der Waals surface area contributed by atoms with Crippen LogP contribution in [0.1, 0.15) is 19.3 Å². The van der Waals surface area contributed by atoms with Crippen LogP contribution in [-0.4, -0.2) is 17.6 Å². The summed E-state index contributed by atoms with van der Waals surface area (Å²) in [6, 6.07) is 0. The van der Waals surface area contributed by atoms with Crippen LogP contribution in [0.25, 0.3) is 0 Å². The van der Waals surface area contributed by atoms with Crippen LogP contribution in [0.3, 0.4) is 0 Å². The minimum Gasteiger partial charge on any atom is -0.481 e. The molecule has 3 heteroatoms. The summed E-state index contributed by atoms with van der Waals surface area (Å²) in [6.07, 6.45) is 6.99. The molecule has 0 fully saturated rings. The van der Waals surface area contributed by atoms with Gasteiger partial charge >= 0.3 is 5.97 Å². The lowest BCUT2D eigenvalue weighted by molar-refractivity contribution is -0.143. The minimum absolute atomic E-state index is 0.248. The van der Waals surface area contributed by atoms with Gasteiger partial charge in [0, 0.05) is 6.54 Å². The summed E-state index contributed by atoms with van der Waals surface area (Å²) < 4.78 is 0. The molecule has 0 aliphatic heterocycles. The van der Waals surface area contributed by atoms with E-state index in [9.17, 15) is 4.79 Å². The van der Waals surface area contributed by atoms with Gasteiger partial charge in [-0.3, -0.25) is 4.79 Å². The molecule has 0 saturated carbocycles. The highest BCUT2D eigenvalue weighted by Crippen LogP contribution is 2.25. The molecule has 3 nitrogen and oxygen atoms in total. The van der Waals surface area contributed by atoms with E-state index in [1.807, 2.05) is 0 Å². The van der Waals surface area contributed by atoms with Crippen molar-refractivity contribution >= 4 is 5.97 Å². The lowest BCUT2D eigenvalue weighted by Gasteiger charge is -2.23. The summed E-state index contributed by atoms with van der Waals surface area (Å²) >= 11 is 0. The zero-order valence-electron chi connectivity index (χ0n) is 7.07. The third-order valence-electron chi connectivity index (χ3n) is 2.45. The van der Waals surface area contributed by atoms with E-state index in [4.69, 9.17) is 10.8 Å². The van der Waals surface area contributed by atoms with Crippen molar-refractivity contribution in [1.82, 2.24) is 0 Å². The largest absolute Gasteiger partial charge is 0.481 e. The van der Waals surface area contributed by atoms with Crippen LogP contribution < -0.4 is 5.73 Å². The molecular weight excluding hydrogens is 154 g/mol. The first-order chi connectivity index (χ1) is 5.75. The SMILES string of the molecule is NCC(C(=O)O)C1CC=CCC1. The topological polar surface area (TPSA) is 63.3 Å². The van der Waals surface area contributed by atoms with E-state index in [0.29, 0.717) is 0 Å². The number of hydrogen-bond acceptors (Lipinski definition) is 2. The molecule has 1 aliphatic rings. The van der Waals surface area contributed by atoms with Crippen LogP contribution in [0.4, 0.5) is 0 Å². The molecule has 0 spiro atoms. The van der Waals surface area contributed by atoms with Gasteiger partial charge in [-0.1, -0.05) is 12.2 Å². The second-order valence-corrected chi connectivity index (χ2v) is 3.22. The predicted octanol–water partition coefficient (Wildman–Crippen LogP) is 1.00. The Balaban J connectivity index is 2.53. The quantitative estimate of drug-likeness (QED) is 0.619. The van der Waals surface area contributed by atoms with Gasteiger partial charge in [0.05, 0.1) is 5.92 Å². The van der Waals surface area contributed by atoms with E-state index in [1.54, 1.807) is 0 Å². The molecule has 0 aromatic heterocycles. The predicted molar refractivity (Wildman–Crippen MR) is 46.7 cm³/mol. The molecule has 68 valence electrons. The molecule has 2 unspecified atom stereocenters. The van der Waals surface area contributed by atoms with Gasteiger partial charge in [0.15, 0.2) is 0 Å². The summed E-state index contributed by atoms with van der Waals surface area (Å²) in [5.41, 5.74) is 5.40. The maximum Gasteiger partial charge on any atom is 0.308 e. The lowest BCUT2D eigenvalue weighted by Crippen LogP contribution is -2.31. The van der Waals surface area contributed by atoms with Crippen LogP contribution in [0.15, 0.2) is 12.2 Å².